The average Bonchev–Trinajstić information content (AvgIpc) is 2.95. The summed E-state index contributed by atoms with van der Waals surface area (Å²) in [6.07, 6.45) is 7.77. The topological polar surface area (TPSA) is 51.2 Å². The molecule has 0 unspecified atom stereocenters. The third kappa shape index (κ3) is 4.45. The van der Waals surface area contributed by atoms with E-state index >= 15 is 0 Å². The highest BCUT2D eigenvalue weighted by Crippen LogP contribution is 2.32. The molecule has 1 aromatic rings. The molecule has 2 rings (SSSR count). The van der Waals surface area contributed by atoms with Gasteiger partial charge in [0.15, 0.2) is 15.6 Å². The minimum absolute atomic E-state index is 0.0695. The smallest absolute Gasteiger partial charge is 0.176 e. The first-order valence-electron chi connectivity index (χ1n) is 7.96. The molecular formula is C18H23ClO3S. The molecular weight excluding hydrogens is 332 g/mol. The van der Waals surface area contributed by atoms with Gasteiger partial charge in [0.25, 0.3) is 0 Å². The van der Waals surface area contributed by atoms with Crippen LogP contribution in [0.15, 0.2) is 29.2 Å². The number of benzene rings is 1. The maximum Gasteiger partial charge on any atom is 0.176 e. The van der Waals surface area contributed by atoms with Gasteiger partial charge in [0, 0.05) is 17.7 Å². The molecule has 1 aliphatic carbocycles. The summed E-state index contributed by atoms with van der Waals surface area (Å²) in [7, 11) is -3.37. The van der Waals surface area contributed by atoms with Crippen molar-refractivity contribution < 1.29 is 13.2 Å². The van der Waals surface area contributed by atoms with E-state index in [1.807, 2.05) is 13.8 Å². The second-order valence-corrected chi connectivity index (χ2v) is 8.95. The monoisotopic (exact) mass is 354 g/mol. The zero-order valence-electron chi connectivity index (χ0n) is 13.8. The lowest BCUT2D eigenvalue weighted by atomic mass is 9.91. The van der Waals surface area contributed by atoms with Crippen LogP contribution in [0.25, 0.3) is 5.57 Å². The van der Waals surface area contributed by atoms with Crippen molar-refractivity contribution in [1.82, 2.24) is 0 Å². The van der Waals surface area contributed by atoms with Crippen LogP contribution in [0.2, 0.25) is 5.02 Å². The highest BCUT2D eigenvalue weighted by Gasteiger charge is 2.21. The Bertz CT molecular complexity index is 727. The molecule has 0 amide bonds. The van der Waals surface area contributed by atoms with Crippen molar-refractivity contribution in [1.29, 1.82) is 0 Å². The van der Waals surface area contributed by atoms with Crippen LogP contribution in [-0.4, -0.2) is 20.5 Å². The summed E-state index contributed by atoms with van der Waals surface area (Å²) < 4.78 is 23.4. The number of allylic oxidation sites excluding steroid dienone is 2. The second-order valence-electron chi connectivity index (χ2n) is 6.56. The maximum absolute atomic E-state index is 12.6. The van der Waals surface area contributed by atoms with Crippen LogP contribution >= 0.6 is 11.6 Å². The number of rotatable bonds is 5. The Balaban J connectivity index is 2.47. The molecule has 0 heterocycles. The van der Waals surface area contributed by atoms with Gasteiger partial charge < -0.3 is 0 Å². The fourth-order valence-corrected chi connectivity index (χ4v) is 4.29. The molecule has 0 N–H and O–H groups in total. The Labute approximate surface area is 143 Å². The summed E-state index contributed by atoms with van der Waals surface area (Å²) in [6, 6.07) is 4.77. The van der Waals surface area contributed by atoms with Crippen LogP contribution in [0.5, 0.6) is 0 Å². The molecule has 23 heavy (non-hydrogen) atoms. The van der Waals surface area contributed by atoms with E-state index in [4.69, 9.17) is 11.6 Å². The minimum Gasteiger partial charge on any atom is -0.294 e. The molecule has 5 heteroatoms. The fraction of sp³-hybridized carbons (Fsp3) is 0.500. The number of carbonyl (C=O) groups excluding carboxylic acids is 1. The van der Waals surface area contributed by atoms with E-state index in [0.717, 1.165) is 19.1 Å². The van der Waals surface area contributed by atoms with E-state index in [1.165, 1.54) is 18.9 Å². The lowest BCUT2D eigenvalue weighted by Crippen LogP contribution is -2.11. The Morgan fingerprint density at radius 3 is 2.35 bits per heavy atom. The average molecular weight is 355 g/mol. The van der Waals surface area contributed by atoms with Crippen LogP contribution in [-0.2, 0) is 14.6 Å². The Morgan fingerprint density at radius 1 is 1.26 bits per heavy atom. The van der Waals surface area contributed by atoms with Gasteiger partial charge in [0.2, 0.25) is 0 Å². The van der Waals surface area contributed by atoms with Gasteiger partial charge in [-0.3, -0.25) is 4.79 Å². The van der Waals surface area contributed by atoms with Crippen molar-refractivity contribution in [2.75, 3.05) is 6.26 Å². The van der Waals surface area contributed by atoms with Crippen molar-refractivity contribution in [2.24, 2.45) is 11.8 Å². The van der Waals surface area contributed by atoms with Crippen molar-refractivity contribution in [2.45, 2.75) is 44.4 Å². The fourth-order valence-electron chi connectivity index (χ4n) is 2.96. The van der Waals surface area contributed by atoms with Crippen molar-refractivity contribution in [3.63, 3.8) is 0 Å². The zero-order chi connectivity index (χ0) is 17.2. The lowest BCUT2D eigenvalue weighted by Gasteiger charge is -2.14. The Morgan fingerprint density at radius 2 is 1.87 bits per heavy atom. The predicted octanol–water partition coefficient (Wildman–Crippen LogP) is 4.54. The molecule has 0 saturated heterocycles. The molecule has 1 fully saturated rings. The number of hydrogen-bond donors (Lipinski definition) is 0. The number of Topliss-reactive ketones (excluding diaryl/α,β-unsaturated/α-hetero) is 1. The summed E-state index contributed by atoms with van der Waals surface area (Å²) in [5.41, 5.74) is 1.36. The van der Waals surface area contributed by atoms with Crippen LogP contribution in [0.3, 0.4) is 0 Å². The normalized spacial score (nSPS) is 17.0. The molecule has 0 spiro atoms. The van der Waals surface area contributed by atoms with E-state index in [9.17, 15) is 13.2 Å². The van der Waals surface area contributed by atoms with Gasteiger partial charge in [0.05, 0.1) is 9.92 Å². The standard InChI is InChI=1S/C18H23ClO3S/c1-12(2)18(20)15(10-13-6-4-5-7-13)14-8-9-17(16(19)11-14)23(3,21)22/h8-13H,4-7H2,1-3H3/b15-10+. The molecule has 1 aromatic carbocycles. The first-order valence-corrected chi connectivity index (χ1v) is 10.2. The SMILES string of the molecule is CC(C)C(=O)/C(=C/C1CCCC1)c1ccc(S(C)(=O)=O)c(Cl)c1. The second kappa shape index (κ2) is 7.18. The summed E-state index contributed by atoms with van der Waals surface area (Å²) in [5.74, 6) is 0.372. The van der Waals surface area contributed by atoms with Gasteiger partial charge in [-0.2, -0.15) is 0 Å². The largest absolute Gasteiger partial charge is 0.294 e. The molecule has 1 aliphatic rings. The van der Waals surface area contributed by atoms with Gasteiger partial charge in [-0.05, 0) is 36.5 Å². The summed E-state index contributed by atoms with van der Waals surface area (Å²) in [5, 5.41) is 0.166. The minimum atomic E-state index is -3.37. The van der Waals surface area contributed by atoms with Crippen LogP contribution < -0.4 is 0 Å². The van der Waals surface area contributed by atoms with E-state index in [2.05, 4.69) is 6.08 Å². The van der Waals surface area contributed by atoms with Crippen LogP contribution in [0, 0.1) is 11.8 Å². The van der Waals surface area contributed by atoms with Gasteiger partial charge in [-0.25, -0.2) is 8.42 Å². The van der Waals surface area contributed by atoms with Crippen molar-refractivity contribution in [3.8, 4) is 0 Å². The molecule has 0 radical (unpaired) electrons. The Kier molecular flexibility index (Phi) is 5.69. The molecule has 3 nitrogen and oxygen atoms in total. The van der Waals surface area contributed by atoms with Crippen LogP contribution in [0.4, 0.5) is 0 Å². The first-order chi connectivity index (χ1) is 10.7. The van der Waals surface area contributed by atoms with Gasteiger partial charge in [-0.1, -0.05) is 50.4 Å². The highest BCUT2D eigenvalue weighted by atomic mass is 35.5. The van der Waals surface area contributed by atoms with E-state index in [-0.39, 0.29) is 21.6 Å². The highest BCUT2D eigenvalue weighted by molar-refractivity contribution is 7.90. The van der Waals surface area contributed by atoms with E-state index < -0.39 is 9.84 Å². The molecule has 0 atom stereocenters. The van der Waals surface area contributed by atoms with Crippen molar-refractivity contribution in [3.05, 3.63) is 34.9 Å². The lowest BCUT2D eigenvalue weighted by molar-refractivity contribution is -0.116. The number of hydrogen-bond acceptors (Lipinski definition) is 3. The number of carbonyl (C=O) groups is 1. The van der Waals surface area contributed by atoms with E-state index in [0.29, 0.717) is 17.1 Å². The maximum atomic E-state index is 12.6. The zero-order valence-corrected chi connectivity index (χ0v) is 15.4. The van der Waals surface area contributed by atoms with Crippen LogP contribution in [0.1, 0.15) is 45.1 Å². The van der Waals surface area contributed by atoms with E-state index in [1.54, 1.807) is 12.1 Å². The van der Waals surface area contributed by atoms with Crippen molar-refractivity contribution >= 4 is 32.8 Å². The van der Waals surface area contributed by atoms with Gasteiger partial charge >= 0.3 is 0 Å². The molecule has 126 valence electrons. The van der Waals surface area contributed by atoms with Gasteiger partial charge in [0.1, 0.15) is 0 Å². The van der Waals surface area contributed by atoms with Gasteiger partial charge in [-0.15, -0.1) is 0 Å². The Hall–Kier alpha value is -1.13. The third-order valence-corrected chi connectivity index (χ3v) is 5.81. The first kappa shape index (κ1) is 18.2. The number of halogens is 1. The predicted molar refractivity (Wildman–Crippen MR) is 94.3 cm³/mol. The molecule has 0 bridgehead atoms. The molecule has 0 aliphatic heterocycles. The number of sulfone groups is 1. The third-order valence-electron chi connectivity index (χ3n) is 4.23. The summed E-state index contributed by atoms with van der Waals surface area (Å²) in [4.78, 5) is 12.7. The quantitative estimate of drug-likeness (QED) is 0.729. The number of ketones is 1. The summed E-state index contributed by atoms with van der Waals surface area (Å²) in [6.45, 7) is 3.74. The molecule has 1 saturated carbocycles. The summed E-state index contributed by atoms with van der Waals surface area (Å²) >= 11 is 6.14. The molecule has 0 aromatic heterocycles.